The van der Waals surface area contributed by atoms with Crippen molar-refractivity contribution < 1.29 is 4.79 Å². The van der Waals surface area contributed by atoms with Crippen molar-refractivity contribution in [2.24, 2.45) is 5.92 Å². The quantitative estimate of drug-likeness (QED) is 0.912. The van der Waals surface area contributed by atoms with Crippen LogP contribution in [0, 0.1) is 5.92 Å². The van der Waals surface area contributed by atoms with Gasteiger partial charge >= 0.3 is 0 Å². The third kappa shape index (κ3) is 2.57. The fraction of sp³-hybridized carbons (Fsp3) is 0.625. The lowest BCUT2D eigenvalue weighted by Crippen LogP contribution is -2.44. The molecule has 1 N–H and O–H groups in total. The smallest absolute Gasteiger partial charge is 0.227 e. The van der Waals surface area contributed by atoms with Gasteiger partial charge in [0, 0.05) is 24.3 Å². The molecule has 0 spiro atoms. The third-order valence-corrected chi connectivity index (χ3v) is 4.58. The monoisotopic (exact) mass is 273 g/mol. The first-order chi connectivity index (χ1) is 9.65. The van der Waals surface area contributed by atoms with Gasteiger partial charge in [0.2, 0.25) is 5.91 Å². The Morgan fingerprint density at radius 2 is 2.30 bits per heavy atom. The van der Waals surface area contributed by atoms with Gasteiger partial charge in [0.05, 0.1) is 18.2 Å². The molecule has 2 aliphatic heterocycles. The Morgan fingerprint density at radius 1 is 1.45 bits per heavy atom. The summed E-state index contributed by atoms with van der Waals surface area (Å²) in [6.45, 7) is 4.79. The Hall–Kier alpha value is -1.42. The summed E-state index contributed by atoms with van der Waals surface area (Å²) >= 11 is 0. The average molecular weight is 273 g/mol. The van der Waals surface area contributed by atoms with Crippen molar-refractivity contribution in [1.82, 2.24) is 15.2 Å². The summed E-state index contributed by atoms with van der Waals surface area (Å²) in [4.78, 5) is 19.2. The lowest BCUT2D eigenvalue weighted by atomic mass is 9.88. The van der Waals surface area contributed by atoms with Crippen molar-refractivity contribution in [3.63, 3.8) is 0 Å². The SMILES string of the molecule is CC(C)N(Cc1ccccn1)C(=O)C1CC2CCC1N2. The van der Waals surface area contributed by atoms with Gasteiger partial charge in [0.1, 0.15) is 0 Å². The second-order valence-corrected chi connectivity index (χ2v) is 6.27. The van der Waals surface area contributed by atoms with E-state index in [0.29, 0.717) is 24.5 Å². The summed E-state index contributed by atoms with van der Waals surface area (Å²) < 4.78 is 0. The maximum absolute atomic E-state index is 12.8. The molecule has 0 radical (unpaired) electrons. The molecule has 20 heavy (non-hydrogen) atoms. The zero-order valence-electron chi connectivity index (χ0n) is 12.2. The van der Waals surface area contributed by atoms with E-state index in [-0.39, 0.29) is 12.0 Å². The Bertz CT molecular complexity index is 474. The summed E-state index contributed by atoms with van der Waals surface area (Å²) in [6, 6.07) is 7.05. The van der Waals surface area contributed by atoms with E-state index in [4.69, 9.17) is 0 Å². The van der Waals surface area contributed by atoms with Crippen LogP contribution in [-0.4, -0.2) is 33.9 Å². The molecule has 0 saturated carbocycles. The molecule has 2 bridgehead atoms. The topological polar surface area (TPSA) is 45.2 Å². The van der Waals surface area contributed by atoms with Crippen LogP contribution in [0.25, 0.3) is 0 Å². The first kappa shape index (κ1) is 13.6. The van der Waals surface area contributed by atoms with Crippen molar-refractivity contribution in [1.29, 1.82) is 0 Å². The van der Waals surface area contributed by atoms with Crippen LogP contribution < -0.4 is 5.32 Å². The van der Waals surface area contributed by atoms with Gasteiger partial charge in [0.25, 0.3) is 0 Å². The van der Waals surface area contributed by atoms with Crippen LogP contribution in [0.5, 0.6) is 0 Å². The number of aromatic nitrogens is 1. The van der Waals surface area contributed by atoms with E-state index in [2.05, 4.69) is 24.1 Å². The number of amides is 1. The Morgan fingerprint density at radius 3 is 2.85 bits per heavy atom. The van der Waals surface area contributed by atoms with E-state index in [9.17, 15) is 4.79 Å². The molecule has 1 aromatic rings. The number of carbonyl (C=O) groups is 1. The number of hydrogen-bond acceptors (Lipinski definition) is 3. The average Bonchev–Trinajstić information content (AvgIpc) is 3.07. The molecule has 0 aromatic carbocycles. The molecule has 3 rings (SSSR count). The van der Waals surface area contributed by atoms with Gasteiger partial charge in [-0.3, -0.25) is 9.78 Å². The fourth-order valence-corrected chi connectivity index (χ4v) is 3.49. The predicted molar refractivity (Wildman–Crippen MR) is 78.0 cm³/mol. The van der Waals surface area contributed by atoms with Crippen LogP contribution in [-0.2, 0) is 11.3 Å². The molecule has 2 saturated heterocycles. The largest absolute Gasteiger partial charge is 0.334 e. The highest BCUT2D eigenvalue weighted by Gasteiger charge is 2.44. The van der Waals surface area contributed by atoms with E-state index < -0.39 is 0 Å². The second-order valence-electron chi connectivity index (χ2n) is 6.27. The zero-order valence-corrected chi connectivity index (χ0v) is 12.2. The summed E-state index contributed by atoms with van der Waals surface area (Å²) in [5.74, 6) is 0.463. The number of nitrogens with one attached hydrogen (secondary N) is 1. The normalized spacial score (nSPS) is 28.1. The molecule has 4 nitrogen and oxygen atoms in total. The minimum Gasteiger partial charge on any atom is -0.334 e. The molecule has 0 aliphatic carbocycles. The van der Waals surface area contributed by atoms with Crippen molar-refractivity contribution in [3.05, 3.63) is 30.1 Å². The van der Waals surface area contributed by atoms with Crippen LogP contribution in [0.3, 0.4) is 0 Å². The second kappa shape index (κ2) is 5.52. The first-order valence-corrected chi connectivity index (χ1v) is 7.61. The van der Waals surface area contributed by atoms with Crippen LogP contribution in [0.4, 0.5) is 0 Å². The van der Waals surface area contributed by atoms with Crippen LogP contribution in [0.15, 0.2) is 24.4 Å². The molecule has 1 aromatic heterocycles. The molecule has 1 amide bonds. The van der Waals surface area contributed by atoms with Gasteiger partial charge < -0.3 is 10.2 Å². The van der Waals surface area contributed by atoms with Crippen molar-refractivity contribution in [3.8, 4) is 0 Å². The fourth-order valence-electron chi connectivity index (χ4n) is 3.49. The van der Waals surface area contributed by atoms with Crippen molar-refractivity contribution >= 4 is 5.91 Å². The van der Waals surface area contributed by atoms with Gasteiger partial charge in [-0.15, -0.1) is 0 Å². The van der Waals surface area contributed by atoms with Gasteiger partial charge in [-0.05, 0) is 45.2 Å². The van der Waals surface area contributed by atoms with Crippen molar-refractivity contribution in [2.75, 3.05) is 0 Å². The highest BCUT2D eigenvalue weighted by atomic mass is 16.2. The predicted octanol–water partition coefficient (Wildman–Crippen LogP) is 1.96. The van der Waals surface area contributed by atoms with Crippen LogP contribution in [0.1, 0.15) is 38.8 Å². The maximum atomic E-state index is 12.8. The Labute approximate surface area is 120 Å². The van der Waals surface area contributed by atoms with E-state index in [0.717, 1.165) is 18.5 Å². The molecule has 2 aliphatic rings. The van der Waals surface area contributed by atoms with Crippen molar-refractivity contribution in [2.45, 2.75) is 57.8 Å². The number of fused-ring (bicyclic) bond motifs is 2. The molecule has 2 fully saturated rings. The number of nitrogens with zero attached hydrogens (tertiary/aromatic N) is 2. The number of carbonyl (C=O) groups excluding carboxylic acids is 1. The summed E-state index contributed by atoms with van der Waals surface area (Å²) in [6.07, 6.45) is 5.18. The molecular weight excluding hydrogens is 250 g/mol. The van der Waals surface area contributed by atoms with E-state index in [1.165, 1.54) is 6.42 Å². The lowest BCUT2D eigenvalue weighted by Gasteiger charge is -2.31. The number of hydrogen-bond donors (Lipinski definition) is 1. The highest BCUT2D eigenvalue weighted by molar-refractivity contribution is 5.80. The zero-order chi connectivity index (χ0) is 14.1. The van der Waals surface area contributed by atoms with Crippen LogP contribution >= 0.6 is 0 Å². The maximum Gasteiger partial charge on any atom is 0.227 e. The minimum atomic E-state index is 0.167. The Balaban J connectivity index is 1.72. The highest BCUT2D eigenvalue weighted by Crippen LogP contribution is 2.34. The molecule has 3 unspecified atom stereocenters. The summed E-state index contributed by atoms with van der Waals surface area (Å²) in [5.41, 5.74) is 0.964. The Kier molecular flexibility index (Phi) is 3.74. The summed E-state index contributed by atoms with van der Waals surface area (Å²) in [5, 5.41) is 3.55. The van der Waals surface area contributed by atoms with Crippen LogP contribution in [0.2, 0.25) is 0 Å². The number of pyridine rings is 1. The molecular formula is C16H23N3O. The van der Waals surface area contributed by atoms with E-state index >= 15 is 0 Å². The van der Waals surface area contributed by atoms with Gasteiger partial charge in [-0.1, -0.05) is 6.07 Å². The number of rotatable bonds is 4. The lowest BCUT2D eigenvalue weighted by molar-refractivity contribution is -0.138. The molecule has 108 valence electrons. The summed E-state index contributed by atoms with van der Waals surface area (Å²) in [7, 11) is 0. The third-order valence-electron chi connectivity index (χ3n) is 4.58. The van der Waals surface area contributed by atoms with Gasteiger partial charge in [-0.2, -0.15) is 0 Å². The van der Waals surface area contributed by atoms with E-state index in [1.54, 1.807) is 6.20 Å². The van der Waals surface area contributed by atoms with Gasteiger partial charge in [0.15, 0.2) is 0 Å². The first-order valence-electron chi connectivity index (χ1n) is 7.61. The molecule has 3 heterocycles. The standard InChI is InChI=1S/C16H23N3O/c1-11(2)19(10-13-5-3-4-8-17-13)16(20)14-9-12-6-7-15(14)18-12/h3-5,8,11-12,14-15,18H,6-7,9-10H2,1-2H3. The molecule has 4 heteroatoms. The van der Waals surface area contributed by atoms with Gasteiger partial charge in [-0.25, -0.2) is 0 Å². The van der Waals surface area contributed by atoms with E-state index in [1.807, 2.05) is 23.1 Å². The minimum absolute atomic E-state index is 0.167. The molecule has 3 atom stereocenters.